The van der Waals surface area contributed by atoms with Crippen molar-refractivity contribution in [3.8, 4) is 17.2 Å². The van der Waals surface area contributed by atoms with E-state index in [-0.39, 0.29) is 13.4 Å². The zero-order chi connectivity index (χ0) is 17.1. The van der Waals surface area contributed by atoms with E-state index in [2.05, 4.69) is 23.6 Å². The van der Waals surface area contributed by atoms with E-state index in [1.165, 1.54) is 0 Å². The van der Waals surface area contributed by atoms with Crippen molar-refractivity contribution in [1.82, 2.24) is 9.80 Å². The molecule has 134 valence electrons. The monoisotopic (exact) mass is 336 g/mol. The molecular weight excluding hydrogens is 308 g/mol. The molecule has 0 saturated carbocycles. The van der Waals surface area contributed by atoms with Crippen LogP contribution in [-0.2, 0) is 6.54 Å². The Labute approximate surface area is 143 Å². The minimum atomic E-state index is 0.236. The SMILES string of the molecule is COc1cc(CN2CCN(C(C)C)[C@@H](CCO)C2)cc2c1OCO2. The molecule has 24 heavy (non-hydrogen) atoms. The van der Waals surface area contributed by atoms with Crippen molar-refractivity contribution in [3.05, 3.63) is 17.7 Å². The summed E-state index contributed by atoms with van der Waals surface area (Å²) in [6.45, 7) is 8.81. The molecule has 1 N–H and O–H groups in total. The van der Waals surface area contributed by atoms with E-state index in [1.54, 1.807) is 7.11 Å². The summed E-state index contributed by atoms with van der Waals surface area (Å²) in [4.78, 5) is 4.93. The Balaban J connectivity index is 1.70. The van der Waals surface area contributed by atoms with Crippen molar-refractivity contribution in [2.24, 2.45) is 0 Å². The fourth-order valence-electron chi connectivity index (χ4n) is 3.70. The Morgan fingerprint density at radius 2 is 2.12 bits per heavy atom. The Bertz CT molecular complexity index is 564. The smallest absolute Gasteiger partial charge is 0.231 e. The number of methoxy groups -OCH3 is 1. The van der Waals surface area contributed by atoms with Crippen molar-refractivity contribution < 1.29 is 19.3 Å². The third-order valence-electron chi connectivity index (χ3n) is 4.86. The lowest BCUT2D eigenvalue weighted by Gasteiger charge is -2.43. The van der Waals surface area contributed by atoms with Crippen LogP contribution in [0.5, 0.6) is 17.2 Å². The first kappa shape index (κ1) is 17.3. The minimum Gasteiger partial charge on any atom is -0.493 e. The van der Waals surface area contributed by atoms with Crippen LogP contribution in [0.3, 0.4) is 0 Å². The summed E-state index contributed by atoms with van der Waals surface area (Å²) >= 11 is 0. The molecule has 2 aliphatic heterocycles. The number of aliphatic hydroxyl groups is 1. The molecule has 1 atom stereocenters. The van der Waals surface area contributed by atoms with Crippen LogP contribution in [0.25, 0.3) is 0 Å². The lowest BCUT2D eigenvalue weighted by molar-refractivity contribution is 0.0349. The Morgan fingerprint density at radius 1 is 1.29 bits per heavy atom. The maximum Gasteiger partial charge on any atom is 0.231 e. The van der Waals surface area contributed by atoms with Gasteiger partial charge in [-0.05, 0) is 38.0 Å². The molecule has 0 radical (unpaired) electrons. The third-order valence-corrected chi connectivity index (χ3v) is 4.86. The number of hydrogen-bond acceptors (Lipinski definition) is 6. The maximum absolute atomic E-state index is 9.38. The van der Waals surface area contributed by atoms with Crippen LogP contribution >= 0.6 is 0 Å². The number of rotatable bonds is 6. The number of fused-ring (bicyclic) bond motifs is 1. The zero-order valence-electron chi connectivity index (χ0n) is 14.8. The van der Waals surface area contributed by atoms with Gasteiger partial charge in [-0.25, -0.2) is 0 Å². The first-order valence-corrected chi connectivity index (χ1v) is 8.67. The molecule has 1 aromatic carbocycles. The first-order valence-electron chi connectivity index (χ1n) is 8.67. The highest BCUT2D eigenvalue weighted by molar-refractivity contribution is 5.55. The largest absolute Gasteiger partial charge is 0.493 e. The van der Waals surface area contributed by atoms with Crippen molar-refractivity contribution in [2.75, 3.05) is 40.1 Å². The molecule has 0 spiro atoms. The summed E-state index contributed by atoms with van der Waals surface area (Å²) in [6.07, 6.45) is 0.819. The highest BCUT2D eigenvalue weighted by Gasteiger charge is 2.29. The molecule has 0 aromatic heterocycles. The average molecular weight is 336 g/mol. The summed E-state index contributed by atoms with van der Waals surface area (Å²) < 4.78 is 16.4. The number of benzene rings is 1. The Kier molecular flexibility index (Phi) is 5.48. The van der Waals surface area contributed by atoms with Gasteiger partial charge in [-0.2, -0.15) is 0 Å². The second kappa shape index (κ2) is 7.59. The predicted molar refractivity (Wildman–Crippen MR) is 91.7 cm³/mol. The molecule has 6 heteroatoms. The van der Waals surface area contributed by atoms with Gasteiger partial charge in [0.15, 0.2) is 11.5 Å². The van der Waals surface area contributed by atoms with E-state index in [0.717, 1.165) is 49.7 Å². The summed E-state index contributed by atoms with van der Waals surface area (Å²) in [5.74, 6) is 2.19. The van der Waals surface area contributed by atoms with E-state index in [0.29, 0.717) is 17.8 Å². The molecule has 3 rings (SSSR count). The third kappa shape index (κ3) is 3.61. The van der Waals surface area contributed by atoms with E-state index in [9.17, 15) is 5.11 Å². The van der Waals surface area contributed by atoms with Gasteiger partial charge in [0.2, 0.25) is 12.5 Å². The molecule has 0 aliphatic carbocycles. The quantitative estimate of drug-likeness (QED) is 0.853. The highest BCUT2D eigenvalue weighted by Crippen LogP contribution is 2.42. The molecule has 6 nitrogen and oxygen atoms in total. The predicted octanol–water partition coefficient (Wildman–Crippen LogP) is 1.70. The Morgan fingerprint density at radius 3 is 2.83 bits per heavy atom. The normalized spacial score (nSPS) is 21.5. The fourth-order valence-corrected chi connectivity index (χ4v) is 3.70. The van der Waals surface area contributed by atoms with E-state index in [1.807, 2.05) is 12.1 Å². The number of aliphatic hydroxyl groups excluding tert-OH is 1. The number of ether oxygens (including phenoxy) is 3. The van der Waals surface area contributed by atoms with E-state index >= 15 is 0 Å². The first-order chi connectivity index (χ1) is 11.6. The molecule has 2 aliphatic rings. The molecule has 1 saturated heterocycles. The van der Waals surface area contributed by atoms with Crippen LogP contribution in [0, 0.1) is 0 Å². The number of hydrogen-bond donors (Lipinski definition) is 1. The second-order valence-corrected chi connectivity index (χ2v) is 6.76. The van der Waals surface area contributed by atoms with Gasteiger partial charge < -0.3 is 19.3 Å². The van der Waals surface area contributed by atoms with Gasteiger partial charge in [-0.15, -0.1) is 0 Å². The van der Waals surface area contributed by atoms with Gasteiger partial charge in [0.1, 0.15) is 0 Å². The van der Waals surface area contributed by atoms with Gasteiger partial charge in [-0.3, -0.25) is 9.80 Å². The standard InChI is InChI=1S/C18H28N2O4/c1-13(2)20-6-5-19(11-15(20)4-7-21)10-14-8-16(22-3)18-17(9-14)23-12-24-18/h8-9,13,15,21H,4-7,10-12H2,1-3H3/t15-/m0/s1. The van der Waals surface area contributed by atoms with Crippen molar-refractivity contribution >= 4 is 0 Å². The number of nitrogens with zero attached hydrogens (tertiary/aromatic N) is 2. The van der Waals surface area contributed by atoms with Crippen molar-refractivity contribution in [3.63, 3.8) is 0 Å². The van der Waals surface area contributed by atoms with Crippen LogP contribution < -0.4 is 14.2 Å². The Hall–Kier alpha value is -1.50. The summed E-state index contributed by atoms with van der Waals surface area (Å²) in [5, 5.41) is 9.38. The summed E-state index contributed by atoms with van der Waals surface area (Å²) in [7, 11) is 1.65. The van der Waals surface area contributed by atoms with Crippen LogP contribution in [0.2, 0.25) is 0 Å². The maximum atomic E-state index is 9.38. The number of piperazine rings is 1. The van der Waals surface area contributed by atoms with Crippen LogP contribution in [0.1, 0.15) is 25.8 Å². The molecule has 0 unspecified atom stereocenters. The van der Waals surface area contributed by atoms with Gasteiger partial charge in [0, 0.05) is 44.9 Å². The lowest BCUT2D eigenvalue weighted by Crippen LogP contribution is -2.55. The summed E-state index contributed by atoms with van der Waals surface area (Å²) in [5.41, 5.74) is 1.16. The lowest BCUT2D eigenvalue weighted by atomic mass is 10.1. The molecule has 0 amide bonds. The van der Waals surface area contributed by atoms with Crippen molar-refractivity contribution in [1.29, 1.82) is 0 Å². The molecule has 2 heterocycles. The molecule has 1 aromatic rings. The van der Waals surface area contributed by atoms with Crippen LogP contribution in [0.4, 0.5) is 0 Å². The second-order valence-electron chi connectivity index (χ2n) is 6.76. The molecule has 1 fully saturated rings. The fraction of sp³-hybridized carbons (Fsp3) is 0.667. The topological polar surface area (TPSA) is 54.4 Å². The van der Waals surface area contributed by atoms with Crippen LogP contribution in [-0.4, -0.2) is 67.1 Å². The van der Waals surface area contributed by atoms with Gasteiger partial charge in [-0.1, -0.05) is 0 Å². The molecular formula is C18H28N2O4. The highest BCUT2D eigenvalue weighted by atomic mass is 16.7. The van der Waals surface area contributed by atoms with Gasteiger partial charge in [0.25, 0.3) is 0 Å². The van der Waals surface area contributed by atoms with E-state index in [4.69, 9.17) is 14.2 Å². The molecule has 0 bridgehead atoms. The zero-order valence-corrected chi connectivity index (χ0v) is 14.8. The van der Waals surface area contributed by atoms with Gasteiger partial charge >= 0.3 is 0 Å². The summed E-state index contributed by atoms with van der Waals surface area (Å²) in [6, 6.07) is 4.98. The van der Waals surface area contributed by atoms with E-state index < -0.39 is 0 Å². The average Bonchev–Trinajstić information content (AvgIpc) is 3.03. The van der Waals surface area contributed by atoms with Crippen molar-refractivity contribution in [2.45, 2.75) is 38.9 Å². The minimum absolute atomic E-state index is 0.236. The van der Waals surface area contributed by atoms with Gasteiger partial charge in [0.05, 0.1) is 7.11 Å². The van der Waals surface area contributed by atoms with Crippen LogP contribution in [0.15, 0.2) is 12.1 Å².